The fourth-order valence-corrected chi connectivity index (χ4v) is 0.722. The molecule has 1 aliphatic rings. The van der Waals surface area contributed by atoms with E-state index in [0.29, 0.717) is 0 Å². The number of hydrogen-bond acceptors (Lipinski definition) is 2. The highest BCUT2D eigenvalue weighted by atomic mass is 35.5. The molecule has 1 unspecified atom stereocenters. The van der Waals surface area contributed by atoms with Crippen molar-refractivity contribution in [3.8, 4) is 0 Å². The predicted molar refractivity (Wildman–Crippen MR) is 37.5 cm³/mol. The Balaban J connectivity index is 3.00. The van der Waals surface area contributed by atoms with E-state index in [0.717, 1.165) is 0 Å². The van der Waals surface area contributed by atoms with E-state index in [1.807, 2.05) is 0 Å². The summed E-state index contributed by atoms with van der Waals surface area (Å²) in [5, 5.41) is 2.95. The maximum atomic E-state index is 10.7. The molecule has 0 aromatic heterocycles. The van der Waals surface area contributed by atoms with Crippen molar-refractivity contribution in [3.05, 3.63) is 15.9 Å². The number of carbonyl (C=O) groups excluding carboxylic acids is 1. The fourth-order valence-electron chi connectivity index (χ4n) is 0.449. The maximum absolute atomic E-state index is 10.7. The molecule has 0 aromatic rings. The van der Waals surface area contributed by atoms with Crippen LogP contribution in [-0.2, 0) is 4.79 Å². The van der Waals surface area contributed by atoms with E-state index < -0.39 is 5.91 Å². The molecule has 10 heavy (non-hydrogen) atoms. The zero-order valence-corrected chi connectivity index (χ0v) is 6.20. The molecule has 1 heterocycles. The Hall–Kier alpha value is -0.420. The summed E-state index contributed by atoms with van der Waals surface area (Å²) in [7, 11) is 0. The lowest BCUT2D eigenvalue weighted by molar-refractivity contribution is -0.769. The highest BCUT2D eigenvalue weighted by molar-refractivity contribution is 6.52. The van der Waals surface area contributed by atoms with Gasteiger partial charge in [0.15, 0.2) is 5.03 Å². The van der Waals surface area contributed by atoms with Crippen LogP contribution in [0.1, 0.15) is 0 Å². The van der Waals surface area contributed by atoms with Crippen LogP contribution in [0.25, 0.3) is 5.84 Å². The third kappa shape index (κ3) is 1.19. The predicted octanol–water partition coefficient (Wildman–Crippen LogP) is 0.0537. The van der Waals surface area contributed by atoms with Gasteiger partial charge in [-0.05, 0) is 0 Å². The van der Waals surface area contributed by atoms with E-state index in [-0.39, 0.29) is 15.2 Å². The summed E-state index contributed by atoms with van der Waals surface area (Å²) in [6.45, 7) is 0. The van der Waals surface area contributed by atoms with E-state index in [1.165, 1.54) is 6.21 Å². The van der Waals surface area contributed by atoms with E-state index >= 15 is 0 Å². The number of amides is 1. The zero-order valence-electron chi connectivity index (χ0n) is 4.69. The molecule has 1 rings (SSSR count). The van der Waals surface area contributed by atoms with Crippen molar-refractivity contribution in [3.63, 3.8) is 0 Å². The standard InChI is InChI=1S/C4H3Cl2N3O/c5-2-1-8-9(7)4(10)3(2)6/h1,7,9H. The minimum atomic E-state index is -0.630. The highest BCUT2D eigenvalue weighted by Crippen LogP contribution is 2.12. The third-order valence-electron chi connectivity index (χ3n) is 0.931. The Morgan fingerprint density at radius 1 is 1.60 bits per heavy atom. The number of halogens is 2. The average Bonchev–Trinajstić information content (AvgIpc) is 1.93. The first kappa shape index (κ1) is 7.68. The van der Waals surface area contributed by atoms with Crippen molar-refractivity contribution in [2.75, 3.05) is 0 Å². The van der Waals surface area contributed by atoms with Crippen molar-refractivity contribution in [2.24, 2.45) is 5.10 Å². The summed E-state index contributed by atoms with van der Waals surface area (Å²) in [6.07, 6.45) is 1.17. The number of hydrogen-bond donors (Lipinski definition) is 1. The highest BCUT2D eigenvalue weighted by Gasteiger charge is 2.21. The first-order valence-corrected chi connectivity index (χ1v) is 3.11. The van der Waals surface area contributed by atoms with E-state index in [1.54, 1.807) is 0 Å². The molecule has 6 heteroatoms. The van der Waals surface area contributed by atoms with Crippen LogP contribution < -0.4 is 5.12 Å². The van der Waals surface area contributed by atoms with Crippen molar-refractivity contribution in [1.82, 2.24) is 0 Å². The summed E-state index contributed by atoms with van der Waals surface area (Å²) in [5.74, 6) is 6.26. The molecular weight excluding hydrogens is 177 g/mol. The number of carbonyl (C=O) groups is 1. The van der Waals surface area contributed by atoms with Gasteiger partial charge in [-0.25, -0.2) is 9.91 Å². The van der Waals surface area contributed by atoms with Crippen LogP contribution in [-0.4, -0.2) is 12.1 Å². The van der Waals surface area contributed by atoms with Gasteiger partial charge in [-0.15, -0.1) is 0 Å². The summed E-state index contributed by atoms with van der Waals surface area (Å²) in [4.78, 5) is 10.7. The largest absolute Gasteiger partial charge is 0.433 e. The number of quaternary nitrogens is 1. The molecular formula is C4H3Cl2N3O. The van der Waals surface area contributed by atoms with Gasteiger partial charge in [0, 0.05) is 0 Å². The topological polar surface area (TPSA) is 57.7 Å². The van der Waals surface area contributed by atoms with Gasteiger partial charge in [0.1, 0.15) is 6.21 Å². The van der Waals surface area contributed by atoms with Crippen LogP contribution >= 0.6 is 23.2 Å². The lowest BCUT2D eigenvalue weighted by Gasteiger charge is -2.13. The van der Waals surface area contributed by atoms with Gasteiger partial charge in [0.05, 0.1) is 5.03 Å². The van der Waals surface area contributed by atoms with Gasteiger partial charge in [-0.3, -0.25) is 0 Å². The lowest BCUT2D eigenvalue weighted by atomic mass is 10.4. The Morgan fingerprint density at radius 3 is 2.70 bits per heavy atom. The second-order valence-electron chi connectivity index (χ2n) is 1.60. The zero-order chi connectivity index (χ0) is 7.72. The van der Waals surface area contributed by atoms with Crippen LogP contribution in [0.15, 0.2) is 15.2 Å². The molecule has 0 saturated heterocycles. The molecule has 0 spiro atoms. The van der Waals surface area contributed by atoms with Gasteiger partial charge in [0.25, 0.3) is 0 Å². The molecule has 0 radical (unpaired) electrons. The number of rotatable bonds is 0. The summed E-state index contributed by atoms with van der Waals surface area (Å²) >= 11 is 10.8. The van der Waals surface area contributed by atoms with Gasteiger partial charge < -0.3 is 5.84 Å². The van der Waals surface area contributed by atoms with Crippen LogP contribution in [0.2, 0.25) is 0 Å². The van der Waals surface area contributed by atoms with E-state index in [4.69, 9.17) is 29.0 Å². The van der Waals surface area contributed by atoms with Crippen LogP contribution in [0.3, 0.4) is 0 Å². The van der Waals surface area contributed by atoms with Crippen molar-refractivity contribution < 1.29 is 9.91 Å². The van der Waals surface area contributed by atoms with Crippen LogP contribution in [0.4, 0.5) is 0 Å². The summed E-state index contributed by atoms with van der Waals surface area (Å²) < 4.78 is 0. The SMILES string of the molecule is [NH-][NH+]1N=CC(Cl)=C(Cl)C1=O. The molecule has 0 aromatic carbocycles. The van der Waals surface area contributed by atoms with Crippen LogP contribution in [0.5, 0.6) is 0 Å². The number of allylic oxidation sites excluding steroid dienone is 1. The Labute approximate surface area is 66.8 Å². The number of nitrogens with one attached hydrogen (secondary N) is 2. The molecule has 1 amide bonds. The fraction of sp³-hybridized carbons (Fsp3) is 0. The van der Waals surface area contributed by atoms with Gasteiger partial charge in [0.2, 0.25) is 0 Å². The Morgan fingerprint density at radius 2 is 2.20 bits per heavy atom. The quantitative estimate of drug-likeness (QED) is 0.562. The lowest BCUT2D eigenvalue weighted by Crippen LogP contribution is -3.04. The average molecular weight is 180 g/mol. The monoisotopic (exact) mass is 179 g/mol. The smallest absolute Gasteiger partial charge is 0.373 e. The Kier molecular flexibility index (Phi) is 2.05. The number of nitrogens with zero attached hydrogens (tertiary/aromatic N) is 1. The first-order chi connectivity index (χ1) is 4.63. The van der Waals surface area contributed by atoms with Gasteiger partial charge in [-0.2, -0.15) is 0 Å². The van der Waals surface area contributed by atoms with Crippen LogP contribution in [0, 0.1) is 0 Å². The van der Waals surface area contributed by atoms with Crippen molar-refractivity contribution in [1.29, 1.82) is 0 Å². The normalized spacial score (nSPS) is 25.9. The van der Waals surface area contributed by atoms with E-state index in [2.05, 4.69) is 5.10 Å². The molecule has 0 fully saturated rings. The molecule has 2 N–H and O–H groups in total. The second-order valence-corrected chi connectivity index (χ2v) is 2.38. The van der Waals surface area contributed by atoms with Crippen molar-refractivity contribution in [2.45, 2.75) is 0 Å². The van der Waals surface area contributed by atoms with Gasteiger partial charge in [-0.1, -0.05) is 28.3 Å². The molecule has 1 aliphatic heterocycles. The molecule has 0 aliphatic carbocycles. The van der Waals surface area contributed by atoms with Crippen molar-refractivity contribution >= 4 is 35.3 Å². The summed E-state index contributed by atoms with van der Waals surface area (Å²) in [6, 6.07) is 0. The van der Waals surface area contributed by atoms with E-state index in [9.17, 15) is 4.79 Å². The molecule has 0 bridgehead atoms. The third-order valence-corrected chi connectivity index (χ3v) is 1.69. The molecule has 54 valence electrons. The maximum Gasteiger partial charge on any atom is 0.373 e. The molecule has 0 saturated carbocycles. The minimum absolute atomic E-state index is 0.0858. The minimum Gasteiger partial charge on any atom is -0.433 e. The second kappa shape index (κ2) is 2.67. The Bertz CT molecular complexity index is 235. The summed E-state index contributed by atoms with van der Waals surface area (Å²) in [5.41, 5.74) is 0. The first-order valence-electron chi connectivity index (χ1n) is 2.35. The molecule has 4 nitrogen and oxygen atoms in total. The van der Waals surface area contributed by atoms with Gasteiger partial charge >= 0.3 is 5.91 Å². The molecule has 1 atom stereocenters.